The number of anilines is 1. The van der Waals surface area contributed by atoms with E-state index in [4.69, 9.17) is 35.4 Å². The molecule has 2 aromatic carbocycles. The summed E-state index contributed by atoms with van der Waals surface area (Å²) in [6, 6.07) is 16.4. The van der Waals surface area contributed by atoms with E-state index in [0.29, 0.717) is 19.3 Å². The predicted octanol–water partition coefficient (Wildman–Crippen LogP) is 11.9. The highest BCUT2D eigenvalue weighted by Gasteiger charge is 2.53. The Hall–Kier alpha value is -4.87. The van der Waals surface area contributed by atoms with E-state index < -0.39 is 56.3 Å². The Kier molecular flexibility index (Phi) is 22.7. The van der Waals surface area contributed by atoms with Crippen molar-refractivity contribution in [2.24, 2.45) is 0 Å². The highest BCUT2D eigenvalue weighted by Crippen LogP contribution is 2.49. The number of imidazole rings is 1. The van der Waals surface area contributed by atoms with E-state index in [1.807, 2.05) is 44.2 Å². The standard InChI is InChI=1S/C52H74FN6O8P/c1-5-9-10-11-12-13-14-15-16-17-18-19-20-21-28-35-46(60)65-44-37-45(59-39-55-47-48(54)56-51(53)57-49(47)59)66-52(44,8-4)38-63-68(62,67-42-33-26-23-27-34-42)58-43(36-40-31-24-22-25-32-40)50(61)64-41(29-6-2)30-7-3/h4,22-27,31-34,39,41,43-45H,5-7,9-21,28-30,35-38H2,1-3H3,(H,58,62)(H2,54,56,57)/t43?,44?,45?,52?,68-/m0/s1. The van der Waals surface area contributed by atoms with Crippen LogP contribution >= 0.6 is 7.75 Å². The lowest BCUT2D eigenvalue weighted by atomic mass is 9.98. The van der Waals surface area contributed by atoms with E-state index in [1.54, 1.807) is 30.3 Å². The number of nitrogens with two attached hydrogens (primary N) is 1. The van der Waals surface area contributed by atoms with E-state index in [0.717, 1.165) is 37.7 Å². The number of hydrogen-bond donors (Lipinski definition) is 2. The van der Waals surface area contributed by atoms with Crippen molar-refractivity contribution in [3.63, 3.8) is 0 Å². The van der Waals surface area contributed by atoms with Gasteiger partial charge in [0.1, 0.15) is 36.8 Å². The van der Waals surface area contributed by atoms with Crippen LogP contribution in [-0.2, 0) is 39.3 Å². The molecule has 1 fully saturated rings. The Labute approximate surface area is 403 Å². The molecular weight excluding hydrogens is 887 g/mol. The van der Waals surface area contributed by atoms with Crippen molar-refractivity contribution in [1.82, 2.24) is 24.6 Å². The van der Waals surface area contributed by atoms with E-state index in [-0.39, 0.29) is 48.1 Å². The van der Waals surface area contributed by atoms with Gasteiger partial charge in [0.05, 0.1) is 6.33 Å². The molecule has 0 aliphatic carbocycles. The molecule has 1 aliphatic heterocycles. The molecule has 0 radical (unpaired) electrons. The zero-order chi connectivity index (χ0) is 48.6. The Morgan fingerprint density at radius 1 is 0.882 bits per heavy atom. The number of benzene rings is 2. The lowest BCUT2D eigenvalue weighted by Gasteiger charge is -2.31. The first-order chi connectivity index (χ1) is 33.0. The average Bonchev–Trinajstić information content (AvgIpc) is 3.92. The number of terminal acetylenes is 1. The Balaban J connectivity index is 1.31. The number of halogens is 1. The van der Waals surface area contributed by atoms with Crippen LogP contribution in [0.15, 0.2) is 67.0 Å². The third-order valence-corrected chi connectivity index (χ3v) is 13.9. The fraction of sp³-hybridized carbons (Fsp3) is 0.596. The minimum Gasteiger partial charge on any atom is -0.461 e. The number of hydrogen-bond acceptors (Lipinski definition) is 12. The summed E-state index contributed by atoms with van der Waals surface area (Å²) in [5, 5.41) is 2.90. The largest absolute Gasteiger partial charge is 0.461 e. The van der Waals surface area contributed by atoms with Gasteiger partial charge in [0, 0.05) is 12.8 Å². The normalized spacial score (nSPS) is 18.3. The van der Waals surface area contributed by atoms with Crippen LogP contribution in [0.3, 0.4) is 0 Å². The summed E-state index contributed by atoms with van der Waals surface area (Å²) in [4.78, 5) is 39.5. The summed E-state index contributed by atoms with van der Waals surface area (Å²) in [6.45, 7) is 5.65. The van der Waals surface area contributed by atoms with E-state index in [9.17, 15) is 14.0 Å². The Morgan fingerprint density at radius 3 is 2.06 bits per heavy atom. The fourth-order valence-electron chi connectivity index (χ4n) is 8.60. The van der Waals surface area contributed by atoms with Gasteiger partial charge in [0.2, 0.25) is 0 Å². The number of carbonyl (C=O) groups is 2. The van der Waals surface area contributed by atoms with Crippen molar-refractivity contribution < 1.29 is 41.8 Å². The molecule has 68 heavy (non-hydrogen) atoms. The van der Waals surface area contributed by atoms with Crippen LogP contribution in [0.4, 0.5) is 10.2 Å². The second-order valence-electron chi connectivity index (χ2n) is 17.9. The topological polar surface area (TPSA) is 179 Å². The van der Waals surface area contributed by atoms with Crippen LogP contribution in [0.1, 0.15) is 167 Å². The second-order valence-corrected chi connectivity index (χ2v) is 19.6. The van der Waals surface area contributed by atoms with Crippen LogP contribution in [0, 0.1) is 18.4 Å². The molecule has 2 aromatic heterocycles. The van der Waals surface area contributed by atoms with E-state index in [1.165, 1.54) is 81.5 Å². The molecule has 1 saturated heterocycles. The maximum atomic E-state index is 15.2. The molecule has 1 aliphatic rings. The van der Waals surface area contributed by atoms with E-state index >= 15 is 4.57 Å². The van der Waals surface area contributed by atoms with Crippen LogP contribution < -0.4 is 15.3 Å². The number of rotatable bonds is 33. The smallest absolute Gasteiger partial charge is 0.459 e. The van der Waals surface area contributed by atoms with Crippen LogP contribution in [0.5, 0.6) is 5.75 Å². The molecule has 5 rings (SSSR count). The highest BCUT2D eigenvalue weighted by atomic mass is 31.2. The highest BCUT2D eigenvalue weighted by molar-refractivity contribution is 7.52. The molecule has 0 saturated carbocycles. The molecule has 14 nitrogen and oxygen atoms in total. The molecule has 0 amide bonds. The van der Waals surface area contributed by atoms with Crippen molar-refractivity contribution in [3.8, 4) is 18.1 Å². The summed E-state index contributed by atoms with van der Waals surface area (Å²) < 4.78 is 62.2. The lowest BCUT2D eigenvalue weighted by Crippen LogP contribution is -2.46. The monoisotopic (exact) mass is 961 g/mol. The summed E-state index contributed by atoms with van der Waals surface area (Å²) in [7, 11) is -4.58. The quantitative estimate of drug-likeness (QED) is 0.0152. The van der Waals surface area contributed by atoms with Crippen molar-refractivity contribution in [2.45, 2.75) is 192 Å². The van der Waals surface area contributed by atoms with Gasteiger partial charge in [0.15, 0.2) is 22.6 Å². The number of esters is 2. The lowest BCUT2D eigenvalue weighted by molar-refractivity contribution is -0.158. The van der Waals surface area contributed by atoms with Gasteiger partial charge in [0.25, 0.3) is 0 Å². The minimum atomic E-state index is -4.58. The molecule has 4 unspecified atom stereocenters. The van der Waals surface area contributed by atoms with Gasteiger partial charge >= 0.3 is 25.8 Å². The number of ether oxygens (including phenoxy) is 3. The third kappa shape index (κ3) is 17.0. The maximum absolute atomic E-state index is 15.2. The third-order valence-electron chi connectivity index (χ3n) is 12.3. The predicted molar refractivity (Wildman–Crippen MR) is 263 cm³/mol. The zero-order valence-corrected chi connectivity index (χ0v) is 41.4. The molecule has 3 N–H and O–H groups in total. The average molecular weight is 961 g/mol. The number of unbranched alkanes of at least 4 members (excludes halogenated alkanes) is 14. The van der Waals surface area contributed by atoms with Gasteiger partial charge in [-0.1, -0.05) is 178 Å². The van der Waals surface area contributed by atoms with Crippen LogP contribution in [-0.4, -0.2) is 61.9 Å². The van der Waals surface area contributed by atoms with Crippen LogP contribution in [0.25, 0.3) is 11.2 Å². The molecule has 5 atom stereocenters. The van der Waals surface area contributed by atoms with Crippen molar-refractivity contribution >= 4 is 36.7 Å². The van der Waals surface area contributed by atoms with Gasteiger partial charge in [-0.15, -0.1) is 6.42 Å². The van der Waals surface area contributed by atoms with Gasteiger partial charge in [-0.3, -0.25) is 18.7 Å². The number of fused-ring (bicyclic) bond motifs is 1. The fourth-order valence-corrected chi connectivity index (χ4v) is 10.1. The molecule has 3 heterocycles. The molecule has 0 spiro atoms. The first-order valence-corrected chi connectivity index (χ1v) is 26.6. The molecule has 16 heteroatoms. The van der Waals surface area contributed by atoms with E-state index in [2.05, 4.69) is 32.9 Å². The second kappa shape index (κ2) is 28.6. The van der Waals surface area contributed by atoms with Gasteiger partial charge in [-0.05, 0) is 43.4 Å². The van der Waals surface area contributed by atoms with Crippen LogP contribution in [0.2, 0.25) is 0 Å². The molecule has 372 valence electrons. The minimum absolute atomic E-state index is 0.0306. The maximum Gasteiger partial charge on any atom is 0.459 e. The molecule has 4 aromatic rings. The molecule has 0 bridgehead atoms. The number of nitrogens with zero attached hydrogens (tertiary/aromatic N) is 4. The Morgan fingerprint density at radius 2 is 1.47 bits per heavy atom. The zero-order valence-electron chi connectivity index (χ0n) is 40.5. The number of nitrogens with one attached hydrogen (secondary N) is 1. The number of nitrogen functional groups attached to an aromatic ring is 1. The molecular formula is C52H74FN6O8P. The van der Waals surface area contributed by atoms with Gasteiger partial charge in [-0.25, -0.2) is 9.55 Å². The van der Waals surface area contributed by atoms with Crippen molar-refractivity contribution in [3.05, 3.63) is 78.6 Å². The SMILES string of the molecule is C#CC1(CO[P@@](=O)(NC(Cc2ccccc2)C(=O)OC(CCC)CCC)Oc2ccccc2)OC(n2cnc3c(N)nc(F)nc32)CC1OC(=O)CCCCCCCCCCCCCCCCC. The first kappa shape index (κ1) is 54.1. The number of aromatic nitrogens is 4. The number of carbonyl (C=O) groups excluding carboxylic acids is 2. The first-order valence-electron chi connectivity index (χ1n) is 25.0. The van der Waals surface area contributed by atoms with Gasteiger partial charge < -0.3 is 24.5 Å². The Bertz CT molecular complexity index is 2200. The summed E-state index contributed by atoms with van der Waals surface area (Å²) in [5.41, 5.74) is 5.04. The van der Waals surface area contributed by atoms with Crippen molar-refractivity contribution in [1.29, 1.82) is 0 Å². The summed E-state index contributed by atoms with van der Waals surface area (Å²) in [5.74, 6) is 1.52. The van der Waals surface area contributed by atoms with Crippen molar-refractivity contribution in [2.75, 3.05) is 12.3 Å². The van der Waals surface area contributed by atoms with Gasteiger partial charge in [-0.2, -0.15) is 19.4 Å². The summed E-state index contributed by atoms with van der Waals surface area (Å²) in [6.07, 6.45) is 25.1. The number of para-hydroxylation sites is 1. The summed E-state index contributed by atoms with van der Waals surface area (Å²) >= 11 is 0.